The molecular weight excluding hydrogens is 400 g/mol. The molecule has 3 heterocycles. The first-order valence-corrected chi connectivity index (χ1v) is 11.1. The van der Waals surface area contributed by atoms with E-state index in [1.165, 1.54) is 6.07 Å². The predicted octanol–water partition coefficient (Wildman–Crippen LogP) is 3.08. The number of hydrogen-bond donors (Lipinski definition) is 3. The van der Waals surface area contributed by atoms with E-state index < -0.39 is 6.04 Å². The SMILES string of the molecule is CSCC[C@@H](NC(=O)c1cc(C(C)(C)C)[nH]n1)c1cc(=O)[nH]c(-c2ccccn2)n1. The molecule has 3 aromatic heterocycles. The number of thioether (sulfide) groups is 1. The van der Waals surface area contributed by atoms with Crippen molar-refractivity contribution < 1.29 is 4.79 Å². The van der Waals surface area contributed by atoms with E-state index in [0.29, 0.717) is 29.3 Å². The summed E-state index contributed by atoms with van der Waals surface area (Å²) in [6.07, 6.45) is 4.26. The fourth-order valence-electron chi connectivity index (χ4n) is 2.86. The van der Waals surface area contributed by atoms with E-state index in [2.05, 4.69) is 30.5 Å². The second kappa shape index (κ2) is 9.25. The van der Waals surface area contributed by atoms with Crippen LogP contribution in [0.1, 0.15) is 55.1 Å². The largest absolute Gasteiger partial charge is 0.342 e. The van der Waals surface area contributed by atoms with Crippen molar-refractivity contribution in [2.24, 2.45) is 0 Å². The van der Waals surface area contributed by atoms with Crippen LogP contribution in [0, 0.1) is 0 Å². The highest BCUT2D eigenvalue weighted by atomic mass is 32.2. The Hall–Kier alpha value is -2.94. The highest BCUT2D eigenvalue weighted by Crippen LogP contribution is 2.22. The van der Waals surface area contributed by atoms with Crippen LogP contribution in [0.5, 0.6) is 0 Å². The van der Waals surface area contributed by atoms with Crippen molar-refractivity contribution in [1.29, 1.82) is 0 Å². The Morgan fingerprint density at radius 1 is 1.27 bits per heavy atom. The topological polar surface area (TPSA) is 116 Å². The summed E-state index contributed by atoms with van der Waals surface area (Å²) in [7, 11) is 0. The molecule has 3 N–H and O–H groups in total. The number of pyridine rings is 1. The number of hydrogen-bond acceptors (Lipinski definition) is 6. The molecule has 0 unspecified atom stereocenters. The van der Waals surface area contributed by atoms with Gasteiger partial charge in [-0.3, -0.25) is 19.7 Å². The third-order valence-corrected chi connectivity index (χ3v) is 5.20. The molecule has 3 aromatic rings. The minimum absolute atomic E-state index is 0.143. The van der Waals surface area contributed by atoms with Crippen LogP contribution >= 0.6 is 11.8 Å². The molecule has 0 aliphatic heterocycles. The lowest BCUT2D eigenvalue weighted by Crippen LogP contribution is -2.31. The van der Waals surface area contributed by atoms with E-state index in [0.717, 1.165) is 11.4 Å². The van der Waals surface area contributed by atoms with Gasteiger partial charge in [-0.2, -0.15) is 16.9 Å². The number of nitrogens with one attached hydrogen (secondary N) is 3. The van der Waals surface area contributed by atoms with Crippen LogP contribution in [0.4, 0.5) is 0 Å². The van der Waals surface area contributed by atoms with E-state index in [1.807, 2.05) is 33.1 Å². The van der Waals surface area contributed by atoms with Gasteiger partial charge in [0.05, 0.1) is 11.7 Å². The molecule has 158 valence electrons. The average molecular weight is 427 g/mol. The lowest BCUT2D eigenvalue weighted by molar-refractivity contribution is 0.0930. The van der Waals surface area contributed by atoms with Crippen molar-refractivity contribution >= 4 is 17.7 Å². The summed E-state index contributed by atoms with van der Waals surface area (Å²) >= 11 is 1.66. The fraction of sp³-hybridized carbons (Fsp3) is 0.381. The van der Waals surface area contributed by atoms with E-state index in [1.54, 1.807) is 36.2 Å². The van der Waals surface area contributed by atoms with Crippen LogP contribution in [-0.2, 0) is 5.41 Å². The molecule has 30 heavy (non-hydrogen) atoms. The molecule has 0 saturated carbocycles. The van der Waals surface area contributed by atoms with Gasteiger partial charge in [0.2, 0.25) is 0 Å². The third kappa shape index (κ3) is 5.35. The number of H-pyrrole nitrogens is 2. The Bertz CT molecular complexity index is 1060. The first kappa shape index (κ1) is 21.8. The van der Waals surface area contributed by atoms with E-state index >= 15 is 0 Å². The molecule has 0 saturated heterocycles. The molecule has 0 fully saturated rings. The second-order valence-electron chi connectivity index (χ2n) is 7.96. The average Bonchev–Trinajstić information content (AvgIpc) is 3.22. The quantitative estimate of drug-likeness (QED) is 0.535. The van der Waals surface area contributed by atoms with Gasteiger partial charge < -0.3 is 10.3 Å². The Morgan fingerprint density at radius 3 is 2.70 bits per heavy atom. The summed E-state index contributed by atoms with van der Waals surface area (Å²) < 4.78 is 0. The van der Waals surface area contributed by atoms with Crippen LogP contribution in [0.2, 0.25) is 0 Å². The highest BCUT2D eigenvalue weighted by Gasteiger charge is 2.23. The molecule has 1 atom stereocenters. The molecule has 0 radical (unpaired) electrons. The van der Waals surface area contributed by atoms with Gasteiger partial charge in [-0.15, -0.1) is 0 Å². The zero-order valence-electron chi connectivity index (χ0n) is 17.5. The van der Waals surface area contributed by atoms with Crippen molar-refractivity contribution in [3.05, 3.63) is 64.0 Å². The zero-order chi connectivity index (χ0) is 21.7. The minimum Gasteiger partial charge on any atom is -0.342 e. The van der Waals surface area contributed by atoms with Crippen LogP contribution < -0.4 is 10.9 Å². The van der Waals surface area contributed by atoms with Crippen LogP contribution in [-0.4, -0.2) is 43.1 Å². The zero-order valence-corrected chi connectivity index (χ0v) is 18.3. The van der Waals surface area contributed by atoms with Crippen molar-refractivity contribution in [2.45, 2.75) is 38.6 Å². The fourth-order valence-corrected chi connectivity index (χ4v) is 3.33. The van der Waals surface area contributed by atoms with Crippen molar-refractivity contribution in [2.75, 3.05) is 12.0 Å². The Morgan fingerprint density at radius 2 is 2.07 bits per heavy atom. The normalized spacial score (nSPS) is 12.5. The van der Waals surface area contributed by atoms with Crippen molar-refractivity contribution in [3.8, 4) is 11.5 Å². The monoisotopic (exact) mass is 426 g/mol. The summed E-state index contributed by atoms with van der Waals surface area (Å²) in [4.78, 5) is 36.7. The number of rotatable bonds is 7. The molecule has 1 amide bonds. The minimum atomic E-state index is -0.426. The van der Waals surface area contributed by atoms with Crippen molar-refractivity contribution in [1.82, 2.24) is 30.5 Å². The molecule has 0 aliphatic carbocycles. The predicted molar refractivity (Wildman–Crippen MR) is 119 cm³/mol. The van der Waals surface area contributed by atoms with Crippen LogP contribution in [0.3, 0.4) is 0 Å². The van der Waals surface area contributed by atoms with E-state index in [9.17, 15) is 9.59 Å². The van der Waals surface area contributed by atoms with E-state index in [-0.39, 0.29) is 16.9 Å². The second-order valence-corrected chi connectivity index (χ2v) is 8.94. The first-order chi connectivity index (χ1) is 14.3. The van der Waals surface area contributed by atoms with Gasteiger partial charge in [-0.25, -0.2) is 4.98 Å². The third-order valence-electron chi connectivity index (χ3n) is 4.56. The maximum Gasteiger partial charge on any atom is 0.272 e. The Labute approximate surface area is 179 Å². The summed E-state index contributed by atoms with van der Waals surface area (Å²) in [6, 6.07) is 8.14. The molecule has 8 nitrogen and oxygen atoms in total. The molecule has 9 heteroatoms. The summed E-state index contributed by atoms with van der Waals surface area (Å²) in [5, 5.41) is 10.1. The standard InChI is InChI=1S/C21H26N6O2S/c1-21(2,3)17-11-16(26-27-17)20(29)24-13(8-10-30-4)15-12-18(28)25-19(23-15)14-7-5-6-9-22-14/h5-7,9,11-13H,8,10H2,1-4H3,(H,24,29)(H,26,27)(H,23,25,28)/t13-/m1/s1. The number of carbonyl (C=O) groups is 1. The van der Waals surface area contributed by atoms with Gasteiger partial charge in [0, 0.05) is 23.4 Å². The summed E-state index contributed by atoms with van der Waals surface area (Å²) in [5.41, 5.74) is 1.81. The van der Waals surface area contributed by atoms with Gasteiger partial charge >= 0.3 is 0 Å². The number of amides is 1. The number of aromatic amines is 2. The lowest BCUT2D eigenvalue weighted by atomic mass is 9.92. The highest BCUT2D eigenvalue weighted by molar-refractivity contribution is 7.98. The Balaban J connectivity index is 1.89. The summed E-state index contributed by atoms with van der Waals surface area (Å²) in [6.45, 7) is 6.13. The van der Waals surface area contributed by atoms with Gasteiger partial charge in [-0.1, -0.05) is 26.8 Å². The molecular formula is C21H26N6O2S. The first-order valence-electron chi connectivity index (χ1n) is 9.66. The summed E-state index contributed by atoms with van der Waals surface area (Å²) in [5.74, 6) is 0.859. The van der Waals surface area contributed by atoms with Gasteiger partial charge in [0.15, 0.2) is 5.82 Å². The maximum absolute atomic E-state index is 12.8. The molecule has 0 aliphatic rings. The maximum atomic E-state index is 12.8. The smallest absolute Gasteiger partial charge is 0.272 e. The van der Waals surface area contributed by atoms with Crippen molar-refractivity contribution in [3.63, 3.8) is 0 Å². The number of carbonyl (C=O) groups excluding carboxylic acids is 1. The van der Waals surface area contributed by atoms with E-state index in [4.69, 9.17) is 0 Å². The van der Waals surface area contributed by atoms with Gasteiger partial charge in [-0.05, 0) is 36.6 Å². The van der Waals surface area contributed by atoms with Crippen LogP contribution in [0.15, 0.2) is 41.3 Å². The van der Waals surface area contributed by atoms with Gasteiger partial charge in [0.25, 0.3) is 11.5 Å². The van der Waals surface area contributed by atoms with Gasteiger partial charge in [0.1, 0.15) is 11.4 Å². The lowest BCUT2D eigenvalue weighted by Gasteiger charge is -2.18. The van der Waals surface area contributed by atoms with Crippen LogP contribution in [0.25, 0.3) is 11.5 Å². The molecule has 3 rings (SSSR count). The number of aromatic nitrogens is 5. The molecule has 0 aromatic carbocycles. The Kier molecular flexibility index (Phi) is 6.71. The molecule has 0 bridgehead atoms. The number of nitrogens with zero attached hydrogens (tertiary/aromatic N) is 3. The molecule has 0 spiro atoms.